The van der Waals surface area contributed by atoms with Crippen LogP contribution in [0.25, 0.3) is 0 Å². The van der Waals surface area contributed by atoms with Crippen molar-refractivity contribution in [2.75, 3.05) is 13.1 Å². The lowest BCUT2D eigenvalue weighted by molar-refractivity contribution is -0.137. The first-order valence-electron chi connectivity index (χ1n) is 7.49. The molecule has 0 aliphatic carbocycles. The molecule has 142 valence electrons. The maximum Gasteiger partial charge on any atom is 0.416 e. The van der Waals surface area contributed by atoms with Crippen molar-refractivity contribution in [2.45, 2.75) is 29.9 Å². The SMILES string of the molecule is CCN(CC)C(=O)n1ccc(S(=O)(=O)c2cc(C(F)(F)F)ccc2Cl)n1. The number of amides is 1. The summed E-state index contributed by atoms with van der Waals surface area (Å²) < 4.78 is 64.7. The first kappa shape index (κ1) is 20.2. The molecular formula is C15H15ClF3N3O3S. The number of sulfone groups is 1. The first-order valence-corrected chi connectivity index (χ1v) is 9.35. The van der Waals surface area contributed by atoms with Gasteiger partial charge < -0.3 is 4.90 Å². The summed E-state index contributed by atoms with van der Waals surface area (Å²) in [6.45, 7) is 4.25. The topological polar surface area (TPSA) is 72.3 Å². The van der Waals surface area contributed by atoms with Gasteiger partial charge in [-0.15, -0.1) is 0 Å². The van der Waals surface area contributed by atoms with Crippen molar-refractivity contribution in [2.24, 2.45) is 0 Å². The minimum absolute atomic E-state index is 0.373. The number of halogens is 4. The Morgan fingerprint density at radius 2 is 1.85 bits per heavy atom. The van der Waals surface area contributed by atoms with Crippen LogP contribution in [0.3, 0.4) is 0 Å². The number of aromatic nitrogens is 2. The summed E-state index contributed by atoms with van der Waals surface area (Å²) in [5.41, 5.74) is -1.15. The fourth-order valence-electron chi connectivity index (χ4n) is 2.19. The zero-order chi connectivity index (χ0) is 19.7. The van der Waals surface area contributed by atoms with Gasteiger partial charge >= 0.3 is 12.2 Å². The Labute approximate surface area is 153 Å². The highest BCUT2D eigenvalue weighted by Crippen LogP contribution is 2.35. The molecule has 0 bridgehead atoms. The molecule has 1 amide bonds. The predicted molar refractivity (Wildman–Crippen MR) is 87.8 cm³/mol. The fraction of sp³-hybridized carbons (Fsp3) is 0.333. The van der Waals surface area contributed by atoms with Crippen LogP contribution in [0.1, 0.15) is 19.4 Å². The third kappa shape index (κ3) is 3.85. The van der Waals surface area contributed by atoms with E-state index in [0.29, 0.717) is 25.2 Å². The minimum atomic E-state index is -4.73. The molecule has 0 aliphatic rings. The van der Waals surface area contributed by atoms with Crippen molar-refractivity contribution in [3.05, 3.63) is 41.0 Å². The van der Waals surface area contributed by atoms with Crippen LogP contribution in [0.2, 0.25) is 5.02 Å². The van der Waals surface area contributed by atoms with E-state index in [1.807, 2.05) is 0 Å². The van der Waals surface area contributed by atoms with Crippen LogP contribution in [-0.2, 0) is 16.0 Å². The quantitative estimate of drug-likeness (QED) is 0.771. The summed E-state index contributed by atoms with van der Waals surface area (Å²) in [5.74, 6) is 0. The fourth-order valence-corrected chi connectivity index (χ4v) is 3.88. The second-order valence-corrected chi connectivity index (χ2v) is 7.47. The Balaban J connectivity index is 2.48. The molecule has 0 saturated carbocycles. The van der Waals surface area contributed by atoms with Crippen molar-refractivity contribution >= 4 is 27.5 Å². The number of alkyl halides is 3. The summed E-state index contributed by atoms with van der Waals surface area (Å²) in [4.78, 5) is 12.9. The van der Waals surface area contributed by atoms with Crippen molar-refractivity contribution in [1.29, 1.82) is 0 Å². The van der Waals surface area contributed by atoms with E-state index in [4.69, 9.17) is 11.6 Å². The summed E-state index contributed by atoms with van der Waals surface area (Å²) in [7, 11) is -4.44. The summed E-state index contributed by atoms with van der Waals surface area (Å²) in [6, 6.07) is 2.47. The van der Waals surface area contributed by atoms with E-state index in [1.54, 1.807) is 13.8 Å². The molecule has 2 rings (SSSR count). The second kappa shape index (κ2) is 7.28. The molecule has 0 spiro atoms. The molecule has 0 fully saturated rings. The first-order chi connectivity index (χ1) is 12.0. The number of hydrogen-bond donors (Lipinski definition) is 0. The smallest absolute Gasteiger partial charge is 0.323 e. The maximum absolute atomic E-state index is 12.9. The van der Waals surface area contributed by atoms with Crippen LogP contribution in [0, 0.1) is 0 Å². The van der Waals surface area contributed by atoms with Gasteiger partial charge in [-0.2, -0.15) is 23.0 Å². The Hall–Kier alpha value is -2.07. The molecule has 1 heterocycles. The van der Waals surface area contributed by atoms with Crippen LogP contribution >= 0.6 is 11.6 Å². The molecule has 11 heteroatoms. The van der Waals surface area contributed by atoms with Crippen molar-refractivity contribution in [3.8, 4) is 0 Å². The van der Waals surface area contributed by atoms with Gasteiger partial charge in [-0.1, -0.05) is 11.6 Å². The summed E-state index contributed by atoms with van der Waals surface area (Å²) in [6.07, 6.45) is -3.60. The van der Waals surface area contributed by atoms with Crippen molar-refractivity contribution in [1.82, 2.24) is 14.7 Å². The van der Waals surface area contributed by atoms with Crippen LogP contribution in [0.5, 0.6) is 0 Å². The molecule has 0 radical (unpaired) electrons. The van der Waals surface area contributed by atoms with Crippen LogP contribution in [-0.4, -0.2) is 42.2 Å². The summed E-state index contributed by atoms with van der Waals surface area (Å²) >= 11 is 5.79. The van der Waals surface area contributed by atoms with Gasteiger partial charge in [0.05, 0.1) is 15.5 Å². The minimum Gasteiger partial charge on any atom is -0.323 e. The van der Waals surface area contributed by atoms with E-state index in [2.05, 4.69) is 5.10 Å². The molecule has 0 saturated heterocycles. The highest BCUT2D eigenvalue weighted by molar-refractivity contribution is 7.91. The van der Waals surface area contributed by atoms with Gasteiger partial charge in [0.2, 0.25) is 9.84 Å². The highest BCUT2D eigenvalue weighted by atomic mass is 35.5. The van der Waals surface area contributed by atoms with Gasteiger partial charge in [-0.25, -0.2) is 13.2 Å². The second-order valence-electron chi connectivity index (χ2n) is 5.20. The third-order valence-corrected chi connectivity index (χ3v) is 5.74. The lowest BCUT2D eigenvalue weighted by Crippen LogP contribution is -2.34. The van der Waals surface area contributed by atoms with Gasteiger partial charge in [0.1, 0.15) is 0 Å². The van der Waals surface area contributed by atoms with Crippen molar-refractivity contribution < 1.29 is 26.4 Å². The lowest BCUT2D eigenvalue weighted by Gasteiger charge is -2.17. The van der Waals surface area contributed by atoms with E-state index in [1.165, 1.54) is 4.90 Å². The largest absolute Gasteiger partial charge is 0.416 e. The average molecular weight is 410 g/mol. The van der Waals surface area contributed by atoms with Crippen LogP contribution in [0.15, 0.2) is 40.4 Å². The normalized spacial score (nSPS) is 12.2. The molecule has 2 aromatic rings. The molecule has 0 aliphatic heterocycles. The Morgan fingerprint density at radius 3 is 2.38 bits per heavy atom. The van der Waals surface area contributed by atoms with Gasteiger partial charge in [0, 0.05) is 19.3 Å². The number of rotatable bonds is 4. The average Bonchev–Trinajstić information content (AvgIpc) is 3.05. The third-order valence-electron chi connectivity index (χ3n) is 3.62. The zero-order valence-corrected chi connectivity index (χ0v) is 15.4. The lowest BCUT2D eigenvalue weighted by atomic mass is 10.2. The van der Waals surface area contributed by atoms with E-state index in [9.17, 15) is 26.4 Å². The Bertz CT molecular complexity index is 922. The molecule has 26 heavy (non-hydrogen) atoms. The van der Waals surface area contributed by atoms with E-state index < -0.39 is 37.5 Å². The molecular weight excluding hydrogens is 395 g/mol. The predicted octanol–water partition coefficient (Wildman–Crippen LogP) is 3.70. The molecule has 6 nitrogen and oxygen atoms in total. The van der Waals surface area contributed by atoms with E-state index in [0.717, 1.165) is 23.0 Å². The number of benzene rings is 1. The number of carbonyl (C=O) groups is 1. The number of nitrogens with zero attached hydrogens (tertiary/aromatic N) is 3. The van der Waals surface area contributed by atoms with Gasteiger partial charge in [-0.3, -0.25) is 0 Å². The van der Waals surface area contributed by atoms with Gasteiger partial charge in [0.15, 0.2) is 5.03 Å². The van der Waals surface area contributed by atoms with E-state index >= 15 is 0 Å². The monoisotopic (exact) mass is 409 g/mol. The van der Waals surface area contributed by atoms with Crippen molar-refractivity contribution in [3.63, 3.8) is 0 Å². The Morgan fingerprint density at radius 1 is 1.23 bits per heavy atom. The summed E-state index contributed by atoms with van der Waals surface area (Å²) in [5, 5.41) is 2.76. The number of carbonyl (C=O) groups excluding carboxylic acids is 1. The van der Waals surface area contributed by atoms with Gasteiger partial charge in [-0.05, 0) is 38.1 Å². The molecule has 1 aromatic carbocycles. The molecule has 0 N–H and O–H groups in total. The van der Waals surface area contributed by atoms with Gasteiger partial charge in [0.25, 0.3) is 0 Å². The molecule has 0 unspecified atom stereocenters. The maximum atomic E-state index is 12.9. The number of hydrogen-bond acceptors (Lipinski definition) is 4. The van der Waals surface area contributed by atoms with Crippen LogP contribution in [0.4, 0.5) is 18.0 Å². The zero-order valence-electron chi connectivity index (χ0n) is 13.8. The molecule has 1 aromatic heterocycles. The van der Waals surface area contributed by atoms with Crippen LogP contribution < -0.4 is 0 Å². The highest BCUT2D eigenvalue weighted by Gasteiger charge is 2.34. The van der Waals surface area contributed by atoms with E-state index in [-0.39, 0.29) is 5.02 Å². The Kier molecular flexibility index (Phi) is 5.67. The molecule has 0 atom stereocenters. The standard InChI is InChI=1S/C15H15ClF3N3O3S/c1-3-21(4-2)14(23)22-8-7-13(20-22)26(24,25)12-9-10(15(17,18)19)5-6-11(12)16/h5-9H,3-4H2,1-2H3.